The Morgan fingerprint density at radius 1 is 1.08 bits per heavy atom. The van der Waals surface area contributed by atoms with E-state index in [1.807, 2.05) is 31.2 Å². The Morgan fingerprint density at radius 2 is 1.85 bits per heavy atom. The van der Waals surface area contributed by atoms with E-state index >= 15 is 0 Å². The van der Waals surface area contributed by atoms with Crippen molar-refractivity contribution in [3.63, 3.8) is 0 Å². The molecule has 7 heteroatoms. The van der Waals surface area contributed by atoms with Crippen molar-refractivity contribution in [3.05, 3.63) is 30.0 Å². The smallest absolute Gasteiger partial charge is 0.223 e. The van der Waals surface area contributed by atoms with Gasteiger partial charge >= 0.3 is 0 Å². The summed E-state index contributed by atoms with van der Waals surface area (Å²) < 4.78 is 16.6. The highest BCUT2D eigenvalue weighted by molar-refractivity contribution is 5.92. The summed E-state index contributed by atoms with van der Waals surface area (Å²) in [5, 5.41) is 12.5. The van der Waals surface area contributed by atoms with E-state index in [1.165, 1.54) is 18.5 Å². The predicted octanol–water partition coefficient (Wildman–Crippen LogP) is 3.99. The number of methoxy groups -OCH3 is 2. The molecular formula is C19H22N4O3. The van der Waals surface area contributed by atoms with Crippen LogP contribution in [0.2, 0.25) is 0 Å². The topological polar surface area (TPSA) is 81.3 Å². The molecule has 26 heavy (non-hydrogen) atoms. The maximum Gasteiger partial charge on any atom is 0.223 e. The van der Waals surface area contributed by atoms with Gasteiger partial charge in [-0.15, -0.1) is 0 Å². The van der Waals surface area contributed by atoms with Gasteiger partial charge in [-0.2, -0.15) is 10.1 Å². The molecule has 2 N–H and O–H groups in total. The standard InChI is InChI=1S/C19H22N4O3/c1-4-26-19-13-9-16(25-3)15(24-2)7-12(13)8-17(21-19)20-18-10-14(22-23-18)11-5-6-11/h7-11H,4-6H2,1-3H3,(H2,20,21,22,23). The Balaban J connectivity index is 1.73. The van der Waals surface area contributed by atoms with E-state index in [1.54, 1.807) is 14.2 Å². The average molecular weight is 354 g/mol. The maximum atomic E-state index is 5.75. The highest BCUT2D eigenvalue weighted by Gasteiger charge is 2.25. The fraction of sp³-hybridized carbons (Fsp3) is 0.368. The lowest BCUT2D eigenvalue weighted by molar-refractivity contribution is 0.331. The van der Waals surface area contributed by atoms with Gasteiger partial charge in [0.15, 0.2) is 17.3 Å². The van der Waals surface area contributed by atoms with E-state index in [2.05, 4.69) is 20.5 Å². The molecular weight excluding hydrogens is 332 g/mol. The maximum absolute atomic E-state index is 5.75. The number of pyridine rings is 1. The molecule has 2 aromatic heterocycles. The molecule has 1 aliphatic rings. The molecule has 4 rings (SSSR count). The molecule has 136 valence electrons. The third-order valence-corrected chi connectivity index (χ3v) is 4.45. The summed E-state index contributed by atoms with van der Waals surface area (Å²) in [7, 11) is 3.24. The Bertz CT molecular complexity index is 934. The van der Waals surface area contributed by atoms with Gasteiger partial charge in [0.25, 0.3) is 0 Å². The number of nitrogens with zero attached hydrogens (tertiary/aromatic N) is 2. The number of aromatic amines is 1. The van der Waals surface area contributed by atoms with Crippen LogP contribution in [-0.4, -0.2) is 36.0 Å². The van der Waals surface area contributed by atoms with Crippen LogP contribution in [0.4, 0.5) is 11.6 Å². The highest BCUT2D eigenvalue weighted by Crippen LogP contribution is 2.40. The molecule has 7 nitrogen and oxygen atoms in total. The van der Waals surface area contributed by atoms with Gasteiger partial charge < -0.3 is 19.5 Å². The monoisotopic (exact) mass is 354 g/mol. The zero-order valence-corrected chi connectivity index (χ0v) is 15.1. The minimum Gasteiger partial charge on any atom is -0.493 e. The molecule has 0 amide bonds. The lowest BCUT2D eigenvalue weighted by atomic mass is 10.1. The molecule has 0 aliphatic heterocycles. The fourth-order valence-electron chi connectivity index (χ4n) is 2.99. The molecule has 0 radical (unpaired) electrons. The van der Waals surface area contributed by atoms with Crippen LogP contribution in [0.5, 0.6) is 17.4 Å². The van der Waals surface area contributed by atoms with Crippen molar-refractivity contribution in [2.45, 2.75) is 25.7 Å². The number of aromatic nitrogens is 3. The van der Waals surface area contributed by atoms with E-state index < -0.39 is 0 Å². The van der Waals surface area contributed by atoms with Crippen LogP contribution in [-0.2, 0) is 0 Å². The summed E-state index contributed by atoms with van der Waals surface area (Å²) in [6.07, 6.45) is 2.46. The number of rotatable bonds is 7. The molecule has 1 aliphatic carbocycles. The van der Waals surface area contributed by atoms with Crippen LogP contribution in [0, 0.1) is 0 Å². The van der Waals surface area contributed by atoms with E-state index in [0.29, 0.717) is 35.7 Å². The lowest BCUT2D eigenvalue weighted by Crippen LogP contribution is -2.01. The molecule has 0 atom stereocenters. The fourth-order valence-corrected chi connectivity index (χ4v) is 2.99. The first-order valence-corrected chi connectivity index (χ1v) is 8.73. The van der Waals surface area contributed by atoms with Crippen LogP contribution >= 0.6 is 0 Å². The van der Waals surface area contributed by atoms with Crippen LogP contribution in [0.1, 0.15) is 31.4 Å². The van der Waals surface area contributed by atoms with Crippen molar-refractivity contribution >= 4 is 22.4 Å². The van der Waals surface area contributed by atoms with Gasteiger partial charge in [-0.1, -0.05) is 0 Å². The van der Waals surface area contributed by atoms with Gasteiger partial charge in [-0.3, -0.25) is 5.10 Å². The van der Waals surface area contributed by atoms with E-state index in [0.717, 1.165) is 16.6 Å². The van der Waals surface area contributed by atoms with Crippen LogP contribution < -0.4 is 19.5 Å². The number of benzene rings is 1. The first kappa shape index (κ1) is 16.5. The summed E-state index contributed by atoms with van der Waals surface area (Å²) >= 11 is 0. The third kappa shape index (κ3) is 3.12. The molecule has 3 aromatic rings. The van der Waals surface area contributed by atoms with Crippen molar-refractivity contribution in [2.24, 2.45) is 0 Å². The molecule has 2 heterocycles. The Morgan fingerprint density at radius 3 is 2.54 bits per heavy atom. The second-order valence-corrected chi connectivity index (χ2v) is 6.28. The molecule has 1 saturated carbocycles. The Labute approximate surface area is 151 Å². The van der Waals surface area contributed by atoms with Gasteiger partial charge in [-0.05, 0) is 43.4 Å². The van der Waals surface area contributed by atoms with Crippen LogP contribution in [0.3, 0.4) is 0 Å². The second kappa shape index (κ2) is 6.74. The summed E-state index contributed by atoms with van der Waals surface area (Å²) in [6.45, 7) is 2.46. The van der Waals surface area contributed by atoms with Crippen molar-refractivity contribution in [2.75, 3.05) is 26.1 Å². The molecule has 0 spiro atoms. The minimum atomic E-state index is 0.522. The number of H-pyrrole nitrogens is 1. The molecule has 0 saturated heterocycles. The van der Waals surface area contributed by atoms with E-state index in [4.69, 9.17) is 14.2 Å². The molecule has 0 unspecified atom stereocenters. The van der Waals surface area contributed by atoms with Gasteiger partial charge in [0.1, 0.15) is 5.82 Å². The normalized spacial score (nSPS) is 13.7. The zero-order chi connectivity index (χ0) is 18.1. The predicted molar refractivity (Wildman–Crippen MR) is 99.9 cm³/mol. The zero-order valence-electron chi connectivity index (χ0n) is 15.1. The number of hydrogen-bond donors (Lipinski definition) is 2. The van der Waals surface area contributed by atoms with Crippen molar-refractivity contribution < 1.29 is 14.2 Å². The molecule has 1 fully saturated rings. The quantitative estimate of drug-likeness (QED) is 0.667. The largest absolute Gasteiger partial charge is 0.493 e. The number of anilines is 2. The summed E-state index contributed by atoms with van der Waals surface area (Å²) in [6, 6.07) is 7.79. The van der Waals surface area contributed by atoms with Gasteiger partial charge in [0.2, 0.25) is 5.88 Å². The Hall–Kier alpha value is -2.96. The summed E-state index contributed by atoms with van der Waals surface area (Å²) in [4.78, 5) is 4.60. The summed E-state index contributed by atoms with van der Waals surface area (Å²) in [5.74, 6) is 3.90. The lowest BCUT2D eigenvalue weighted by Gasteiger charge is -2.13. The molecule has 0 bridgehead atoms. The Kier molecular flexibility index (Phi) is 4.28. The first-order valence-electron chi connectivity index (χ1n) is 8.73. The first-order chi connectivity index (χ1) is 12.7. The SMILES string of the molecule is CCOc1nc(Nc2cc(C3CC3)[nH]n2)cc2cc(OC)c(OC)cc12. The number of fused-ring (bicyclic) bond motifs is 1. The second-order valence-electron chi connectivity index (χ2n) is 6.28. The number of ether oxygens (including phenoxy) is 3. The van der Waals surface area contributed by atoms with E-state index in [9.17, 15) is 0 Å². The minimum absolute atomic E-state index is 0.522. The van der Waals surface area contributed by atoms with Crippen LogP contribution in [0.25, 0.3) is 10.8 Å². The van der Waals surface area contributed by atoms with Crippen molar-refractivity contribution in [1.82, 2.24) is 15.2 Å². The van der Waals surface area contributed by atoms with Gasteiger partial charge in [0.05, 0.1) is 20.8 Å². The number of nitrogens with one attached hydrogen (secondary N) is 2. The van der Waals surface area contributed by atoms with E-state index in [-0.39, 0.29) is 0 Å². The highest BCUT2D eigenvalue weighted by atomic mass is 16.5. The van der Waals surface area contributed by atoms with Gasteiger partial charge in [0, 0.05) is 23.1 Å². The summed E-state index contributed by atoms with van der Waals surface area (Å²) in [5.41, 5.74) is 1.17. The average Bonchev–Trinajstić information content (AvgIpc) is 3.40. The van der Waals surface area contributed by atoms with Crippen LogP contribution in [0.15, 0.2) is 24.3 Å². The van der Waals surface area contributed by atoms with Crippen molar-refractivity contribution in [3.8, 4) is 17.4 Å². The number of hydrogen-bond acceptors (Lipinski definition) is 6. The van der Waals surface area contributed by atoms with Crippen molar-refractivity contribution in [1.29, 1.82) is 0 Å². The third-order valence-electron chi connectivity index (χ3n) is 4.45. The molecule has 1 aromatic carbocycles. The van der Waals surface area contributed by atoms with Gasteiger partial charge in [-0.25, -0.2) is 0 Å².